The molecule has 0 unspecified atom stereocenters. The van der Waals surface area contributed by atoms with Gasteiger partial charge in [0.25, 0.3) is 0 Å². The molecule has 0 aliphatic carbocycles. The summed E-state index contributed by atoms with van der Waals surface area (Å²) < 4.78 is 0. The lowest BCUT2D eigenvalue weighted by Gasteiger charge is -2.32. The number of nitrogens with two attached hydrogens (primary N) is 4. The molecule has 9 N–H and O–H groups in total. The van der Waals surface area contributed by atoms with Gasteiger partial charge in [-0.2, -0.15) is 0 Å². The third kappa shape index (κ3) is 7.63. The van der Waals surface area contributed by atoms with Crippen LogP contribution >= 0.6 is 0 Å². The predicted molar refractivity (Wildman–Crippen MR) is 97.0 cm³/mol. The Morgan fingerprint density at radius 3 is 2.08 bits per heavy atom. The Morgan fingerprint density at radius 2 is 1.67 bits per heavy atom. The molecule has 0 aromatic heterocycles. The number of nitrogens with zero attached hydrogens (tertiary/aromatic N) is 1. The van der Waals surface area contributed by atoms with Gasteiger partial charge in [-0.15, -0.1) is 0 Å². The van der Waals surface area contributed by atoms with Gasteiger partial charge in [-0.25, -0.2) is 0 Å². The lowest BCUT2D eigenvalue weighted by molar-refractivity contribution is -0.135. The van der Waals surface area contributed by atoms with E-state index in [0.29, 0.717) is 38.6 Å². The smallest absolute Gasteiger partial charge is 0.239 e. The number of rotatable bonds is 13. The van der Waals surface area contributed by atoms with Gasteiger partial charge in [0, 0.05) is 13.1 Å². The summed E-state index contributed by atoms with van der Waals surface area (Å²) in [6.07, 6.45) is 4.94. The van der Waals surface area contributed by atoms with E-state index in [9.17, 15) is 9.59 Å². The highest BCUT2D eigenvalue weighted by Crippen LogP contribution is 2.29. The van der Waals surface area contributed by atoms with Gasteiger partial charge in [-0.05, 0) is 32.1 Å². The SMILES string of the molecule is CCCC(CN)(CCC)C(=O)N[C@@H](CCCCN=C(N)N)C(N)=O. The normalized spacial score (nSPS) is 12.5. The number of amides is 2. The van der Waals surface area contributed by atoms with E-state index in [1.165, 1.54) is 0 Å². The fraction of sp³-hybridized carbons (Fsp3) is 0.812. The molecule has 8 heteroatoms. The summed E-state index contributed by atoms with van der Waals surface area (Å²) in [5, 5.41) is 2.80. The van der Waals surface area contributed by atoms with Crippen LogP contribution in [0.5, 0.6) is 0 Å². The van der Waals surface area contributed by atoms with Crippen molar-refractivity contribution in [3.05, 3.63) is 0 Å². The van der Waals surface area contributed by atoms with Crippen LogP contribution in [0.3, 0.4) is 0 Å². The molecule has 0 saturated heterocycles. The quantitative estimate of drug-likeness (QED) is 0.180. The van der Waals surface area contributed by atoms with Crippen LogP contribution in [0.4, 0.5) is 0 Å². The summed E-state index contributed by atoms with van der Waals surface area (Å²) in [7, 11) is 0. The number of hydrogen-bond donors (Lipinski definition) is 5. The van der Waals surface area contributed by atoms with Crippen molar-refractivity contribution in [1.29, 1.82) is 0 Å². The number of primary amides is 1. The lowest BCUT2D eigenvalue weighted by Crippen LogP contribution is -2.52. The molecule has 1 atom stereocenters. The predicted octanol–water partition coefficient (Wildman–Crippen LogP) is -0.0545. The molecule has 0 heterocycles. The van der Waals surface area contributed by atoms with Crippen LogP contribution in [-0.2, 0) is 9.59 Å². The van der Waals surface area contributed by atoms with Gasteiger partial charge in [-0.3, -0.25) is 14.6 Å². The van der Waals surface area contributed by atoms with E-state index in [1.807, 2.05) is 13.8 Å². The monoisotopic (exact) mass is 342 g/mol. The maximum absolute atomic E-state index is 12.7. The van der Waals surface area contributed by atoms with Crippen LogP contribution in [0.1, 0.15) is 58.8 Å². The van der Waals surface area contributed by atoms with Gasteiger partial charge in [0.15, 0.2) is 5.96 Å². The zero-order chi connectivity index (χ0) is 18.6. The number of hydrogen-bond acceptors (Lipinski definition) is 4. The highest BCUT2D eigenvalue weighted by atomic mass is 16.2. The van der Waals surface area contributed by atoms with E-state index < -0.39 is 17.4 Å². The van der Waals surface area contributed by atoms with Gasteiger partial charge in [0.1, 0.15) is 6.04 Å². The Kier molecular flexibility index (Phi) is 10.8. The molecule has 0 saturated carbocycles. The van der Waals surface area contributed by atoms with Crippen molar-refractivity contribution < 1.29 is 9.59 Å². The maximum Gasteiger partial charge on any atom is 0.239 e. The Hall–Kier alpha value is -1.83. The van der Waals surface area contributed by atoms with E-state index in [2.05, 4.69) is 10.3 Å². The molecular formula is C16H34N6O2. The first-order valence-corrected chi connectivity index (χ1v) is 8.68. The zero-order valence-corrected chi connectivity index (χ0v) is 15.0. The second-order valence-corrected chi connectivity index (χ2v) is 6.22. The third-order valence-electron chi connectivity index (χ3n) is 4.17. The molecule has 0 fully saturated rings. The summed E-state index contributed by atoms with van der Waals surface area (Å²) in [6.45, 7) is 4.78. The van der Waals surface area contributed by atoms with Gasteiger partial charge < -0.3 is 28.3 Å². The van der Waals surface area contributed by atoms with Crippen molar-refractivity contribution >= 4 is 17.8 Å². The van der Waals surface area contributed by atoms with Crippen molar-refractivity contribution in [2.75, 3.05) is 13.1 Å². The largest absolute Gasteiger partial charge is 0.370 e. The molecule has 24 heavy (non-hydrogen) atoms. The standard InChI is InChI=1S/C16H34N6O2/c1-3-8-16(11-17,9-4-2)14(24)22-12(13(18)23)7-5-6-10-21-15(19)20/h12H,3-11,17H2,1-2H3,(H2,18,23)(H,22,24)(H4,19,20,21)/t12-/m0/s1. The van der Waals surface area contributed by atoms with E-state index in [-0.39, 0.29) is 18.4 Å². The van der Waals surface area contributed by atoms with E-state index in [4.69, 9.17) is 22.9 Å². The number of unbranched alkanes of at least 4 members (excludes halogenated alkanes) is 1. The summed E-state index contributed by atoms with van der Waals surface area (Å²) in [5.74, 6) is -0.674. The highest BCUT2D eigenvalue weighted by molar-refractivity contribution is 5.89. The number of aliphatic imine (C=N–C) groups is 1. The lowest BCUT2D eigenvalue weighted by atomic mass is 9.78. The molecule has 2 amide bonds. The number of carbonyl (C=O) groups excluding carboxylic acids is 2. The van der Waals surface area contributed by atoms with Crippen molar-refractivity contribution in [2.24, 2.45) is 33.3 Å². The van der Waals surface area contributed by atoms with E-state index in [0.717, 1.165) is 12.8 Å². The Labute approximate surface area is 144 Å². The first kappa shape index (κ1) is 22.2. The molecule has 140 valence electrons. The van der Waals surface area contributed by atoms with Gasteiger partial charge >= 0.3 is 0 Å². The average Bonchev–Trinajstić information content (AvgIpc) is 2.52. The van der Waals surface area contributed by atoms with Crippen LogP contribution in [-0.4, -0.2) is 36.9 Å². The topological polar surface area (TPSA) is 163 Å². The molecule has 8 nitrogen and oxygen atoms in total. The van der Waals surface area contributed by atoms with Crippen molar-refractivity contribution in [2.45, 2.75) is 64.8 Å². The summed E-state index contributed by atoms with van der Waals surface area (Å²) in [5.41, 5.74) is 21.2. The summed E-state index contributed by atoms with van der Waals surface area (Å²) >= 11 is 0. The summed E-state index contributed by atoms with van der Waals surface area (Å²) in [6, 6.07) is -0.698. The van der Waals surface area contributed by atoms with E-state index in [1.54, 1.807) is 0 Å². The second kappa shape index (κ2) is 11.7. The molecular weight excluding hydrogens is 308 g/mol. The zero-order valence-electron chi connectivity index (χ0n) is 15.0. The molecule has 0 radical (unpaired) electrons. The minimum absolute atomic E-state index is 0.0432. The van der Waals surface area contributed by atoms with E-state index >= 15 is 0 Å². The third-order valence-corrected chi connectivity index (χ3v) is 4.17. The Morgan fingerprint density at radius 1 is 1.08 bits per heavy atom. The molecule has 0 spiro atoms. The van der Waals surface area contributed by atoms with Gasteiger partial charge in [0.2, 0.25) is 11.8 Å². The molecule has 0 aliphatic heterocycles. The van der Waals surface area contributed by atoms with Crippen LogP contribution in [0.2, 0.25) is 0 Å². The molecule has 0 rings (SSSR count). The fourth-order valence-electron chi connectivity index (χ4n) is 2.87. The number of guanidine groups is 1. The minimum atomic E-state index is -0.698. The highest BCUT2D eigenvalue weighted by Gasteiger charge is 2.36. The molecule has 0 aromatic rings. The molecule has 0 aromatic carbocycles. The summed E-state index contributed by atoms with van der Waals surface area (Å²) in [4.78, 5) is 28.2. The van der Waals surface area contributed by atoms with Crippen LogP contribution in [0.15, 0.2) is 4.99 Å². The van der Waals surface area contributed by atoms with Crippen LogP contribution in [0.25, 0.3) is 0 Å². The maximum atomic E-state index is 12.7. The van der Waals surface area contributed by atoms with Crippen molar-refractivity contribution in [3.63, 3.8) is 0 Å². The van der Waals surface area contributed by atoms with Crippen molar-refractivity contribution in [1.82, 2.24) is 5.32 Å². The number of carbonyl (C=O) groups is 2. The van der Waals surface area contributed by atoms with Gasteiger partial charge in [0.05, 0.1) is 5.41 Å². The average molecular weight is 342 g/mol. The van der Waals surface area contributed by atoms with Crippen molar-refractivity contribution in [3.8, 4) is 0 Å². The Balaban J connectivity index is 4.75. The second-order valence-electron chi connectivity index (χ2n) is 6.22. The molecule has 0 bridgehead atoms. The van der Waals surface area contributed by atoms with Gasteiger partial charge in [-0.1, -0.05) is 26.7 Å². The number of nitrogens with one attached hydrogen (secondary N) is 1. The Bertz CT molecular complexity index is 415. The first-order chi connectivity index (χ1) is 11.3. The van der Waals surface area contributed by atoms with Crippen LogP contribution in [0, 0.1) is 5.41 Å². The first-order valence-electron chi connectivity index (χ1n) is 8.68. The fourth-order valence-corrected chi connectivity index (χ4v) is 2.87. The van der Waals surface area contributed by atoms with Crippen LogP contribution < -0.4 is 28.3 Å². The minimum Gasteiger partial charge on any atom is -0.370 e. The molecule has 0 aliphatic rings.